The number of hydrogen-bond acceptors (Lipinski definition) is 1. The van der Waals surface area contributed by atoms with Crippen molar-refractivity contribution in [1.82, 2.24) is 0 Å². The SMILES string of the molecule is OC1(C#Cc2ccccc2)CCC(c2ccccc2)(c2ccccc2)CC1. The number of hydrogen-bond donors (Lipinski definition) is 1. The van der Waals surface area contributed by atoms with Crippen molar-refractivity contribution >= 4 is 0 Å². The highest BCUT2D eigenvalue weighted by Crippen LogP contribution is 2.47. The molecular formula is C26H24O. The lowest BCUT2D eigenvalue weighted by atomic mass is 9.62. The summed E-state index contributed by atoms with van der Waals surface area (Å²) in [5.41, 5.74) is 2.64. The van der Waals surface area contributed by atoms with Crippen molar-refractivity contribution in [2.45, 2.75) is 36.7 Å². The quantitative estimate of drug-likeness (QED) is 0.618. The first kappa shape index (κ1) is 17.6. The highest BCUT2D eigenvalue weighted by Gasteiger charge is 2.43. The Labute approximate surface area is 161 Å². The second kappa shape index (κ2) is 7.43. The summed E-state index contributed by atoms with van der Waals surface area (Å²) < 4.78 is 0. The Morgan fingerprint density at radius 3 is 1.52 bits per heavy atom. The molecule has 1 aliphatic carbocycles. The summed E-state index contributed by atoms with van der Waals surface area (Å²) in [6.07, 6.45) is 3.13. The average molecular weight is 352 g/mol. The van der Waals surface area contributed by atoms with Crippen LogP contribution in [0.3, 0.4) is 0 Å². The first-order valence-corrected chi connectivity index (χ1v) is 9.62. The molecule has 27 heavy (non-hydrogen) atoms. The zero-order valence-corrected chi connectivity index (χ0v) is 15.4. The largest absolute Gasteiger partial charge is 0.378 e. The summed E-state index contributed by atoms with van der Waals surface area (Å²) in [4.78, 5) is 0. The molecule has 1 aliphatic rings. The van der Waals surface area contributed by atoms with E-state index in [9.17, 15) is 5.11 Å². The lowest BCUT2D eigenvalue weighted by Gasteiger charge is -2.43. The van der Waals surface area contributed by atoms with E-state index in [2.05, 4.69) is 72.5 Å². The normalized spacial score (nSPS) is 17.5. The average Bonchev–Trinajstić information content (AvgIpc) is 2.75. The van der Waals surface area contributed by atoms with Gasteiger partial charge < -0.3 is 5.11 Å². The second-order valence-corrected chi connectivity index (χ2v) is 7.46. The van der Waals surface area contributed by atoms with Crippen molar-refractivity contribution in [3.05, 3.63) is 108 Å². The molecule has 0 bridgehead atoms. The second-order valence-electron chi connectivity index (χ2n) is 7.46. The minimum atomic E-state index is -0.914. The summed E-state index contributed by atoms with van der Waals surface area (Å²) in [5.74, 6) is 6.32. The fraction of sp³-hybridized carbons (Fsp3) is 0.231. The fourth-order valence-corrected chi connectivity index (χ4v) is 4.18. The van der Waals surface area contributed by atoms with Gasteiger partial charge in [0, 0.05) is 11.0 Å². The van der Waals surface area contributed by atoms with E-state index >= 15 is 0 Å². The third-order valence-corrected chi connectivity index (χ3v) is 5.80. The Hall–Kier alpha value is -2.82. The predicted octanol–water partition coefficient (Wildman–Crippen LogP) is 5.33. The summed E-state index contributed by atoms with van der Waals surface area (Å²) in [6, 6.07) is 31.3. The monoisotopic (exact) mass is 352 g/mol. The van der Waals surface area contributed by atoms with Gasteiger partial charge in [-0.2, -0.15) is 0 Å². The summed E-state index contributed by atoms with van der Waals surface area (Å²) in [7, 11) is 0. The molecule has 0 aliphatic heterocycles. The first-order valence-electron chi connectivity index (χ1n) is 9.62. The lowest BCUT2D eigenvalue weighted by molar-refractivity contribution is 0.0423. The van der Waals surface area contributed by atoms with E-state index in [-0.39, 0.29) is 5.41 Å². The van der Waals surface area contributed by atoms with E-state index in [1.54, 1.807) is 0 Å². The van der Waals surface area contributed by atoms with E-state index < -0.39 is 5.60 Å². The topological polar surface area (TPSA) is 20.2 Å². The van der Waals surface area contributed by atoms with Gasteiger partial charge in [0.2, 0.25) is 0 Å². The molecule has 1 nitrogen and oxygen atoms in total. The number of aliphatic hydroxyl groups is 1. The maximum atomic E-state index is 11.1. The Balaban J connectivity index is 1.63. The molecule has 3 aromatic rings. The standard InChI is InChI=1S/C26H24O/c27-25(17-16-22-10-4-1-5-11-22)18-20-26(21-19-25,23-12-6-2-7-13-23)24-14-8-3-9-15-24/h1-15,27H,18-21H2. The van der Waals surface area contributed by atoms with Crippen molar-refractivity contribution < 1.29 is 5.11 Å². The minimum absolute atomic E-state index is 0.0524. The van der Waals surface area contributed by atoms with E-state index in [0.717, 1.165) is 18.4 Å². The fourth-order valence-electron chi connectivity index (χ4n) is 4.18. The molecule has 1 N–H and O–H groups in total. The Morgan fingerprint density at radius 2 is 1.04 bits per heavy atom. The van der Waals surface area contributed by atoms with E-state index in [1.807, 2.05) is 30.3 Å². The molecule has 3 aromatic carbocycles. The molecule has 1 heteroatoms. The third-order valence-electron chi connectivity index (χ3n) is 5.80. The van der Waals surface area contributed by atoms with Gasteiger partial charge >= 0.3 is 0 Å². The van der Waals surface area contributed by atoms with Gasteiger partial charge in [-0.05, 0) is 48.9 Å². The van der Waals surface area contributed by atoms with Crippen molar-refractivity contribution in [1.29, 1.82) is 0 Å². The molecule has 0 heterocycles. The summed E-state index contributed by atoms with van der Waals surface area (Å²) >= 11 is 0. The molecule has 0 aromatic heterocycles. The van der Waals surface area contributed by atoms with Crippen molar-refractivity contribution in [2.24, 2.45) is 0 Å². The highest BCUT2D eigenvalue weighted by atomic mass is 16.3. The zero-order valence-electron chi connectivity index (χ0n) is 15.4. The maximum Gasteiger partial charge on any atom is 0.125 e. The van der Waals surface area contributed by atoms with E-state index in [4.69, 9.17) is 0 Å². The third kappa shape index (κ3) is 3.68. The molecule has 0 unspecified atom stereocenters. The molecule has 0 saturated heterocycles. The maximum absolute atomic E-state index is 11.1. The minimum Gasteiger partial charge on any atom is -0.378 e. The van der Waals surface area contributed by atoms with Crippen LogP contribution in [0.15, 0.2) is 91.0 Å². The van der Waals surface area contributed by atoms with Gasteiger partial charge in [0.25, 0.3) is 0 Å². The van der Waals surface area contributed by atoms with Gasteiger partial charge in [-0.15, -0.1) is 0 Å². The van der Waals surface area contributed by atoms with Crippen molar-refractivity contribution in [3.63, 3.8) is 0 Å². The van der Waals surface area contributed by atoms with Gasteiger partial charge in [-0.1, -0.05) is 90.7 Å². The molecule has 0 atom stereocenters. The molecule has 1 saturated carbocycles. The van der Waals surface area contributed by atoms with Crippen LogP contribution in [0.2, 0.25) is 0 Å². The first-order chi connectivity index (χ1) is 13.2. The molecule has 134 valence electrons. The summed E-state index contributed by atoms with van der Waals surface area (Å²) in [5, 5.41) is 11.1. The Morgan fingerprint density at radius 1 is 0.593 bits per heavy atom. The van der Waals surface area contributed by atoms with Crippen LogP contribution in [0.25, 0.3) is 0 Å². The van der Waals surface area contributed by atoms with E-state index in [1.165, 1.54) is 11.1 Å². The molecule has 0 amide bonds. The van der Waals surface area contributed by atoms with Crippen LogP contribution in [0.1, 0.15) is 42.4 Å². The van der Waals surface area contributed by atoms with Crippen LogP contribution in [-0.4, -0.2) is 10.7 Å². The Bertz CT molecular complexity index is 884. The molecular weight excluding hydrogens is 328 g/mol. The van der Waals surface area contributed by atoms with Crippen LogP contribution in [0, 0.1) is 11.8 Å². The number of rotatable bonds is 2. The predicted molar refractivity (Wildman–Crippen MR) is 110 cm³/mol. The smallest absolute Gasteiger partial charge is 0.125 e. The van der Waals surface area contributed by atoms with E-state index in [0.29, 0.717) is 12.8 Å². The van der Waals surface area contributed by atoms with Crippen LogP contribution in [0.5, 0.6) is 0 Å². The van der Waals surface area contributed by atoms with Gasteiger partial charge in [0.15, 0.2) is 0 Å². The molecule has 4 rings (SSSR count). The van der Waals surface area contributed by atoms with Crippen LogP contribution in [0.4, 0.5) is 0 Å². The molecule has 0 spiro atoms. The highest BCUT2D eigenvalue weighted by molar-refractivity contribution is 5.42. The van der Waals surface area contributed by atoms with Crippen LogP contribution in [-0.2, 0) is 5.41 Å². The Kier molecular flexibility index (Phi) is 4.84. The molecule has 1 fully saturated rings. The van der Waals surface area contributed by atoms with Crippen molar-refractivity contribution in [2.75, 3.05) is 0 Å². The van der Waals surface area contributed by atoms with Crippen LogP contribution >= 0.6 is 0 Å². The number of benzene rings is 3. The van der Waals surface area contributed by atoms with Gasteiger partial charge in [0.05, 0.1) is 0 Å². The van der Waals surface area contributed by atoms with Gasteiger partial charge in [-0.3, -0.25) is 0 Å². The lowest BCUT2D eigenvalue weighted by Crippen LogP contribution is -2.41. The van der Waals surface area contributed by atoms with Crippen molar-refractivity contribution in [3.8, 4) is 11.8 Å². The molecule has 0 radical (unpaired) electrons. The summed E-state index contributed by atoms with van der Waals surface area (Å²) in [6.45, 7) is 0. The van der Waals surface area contributed by atoms with Gasteiger partial charge in [-0.25, -0.2) is 0 Å². The van der Waals surface area contributed by atoms with Crippen LogP contribution < -0.4 is 0 Å². The van der Waals surface area contributed by atoms with Gasteiger partial charge in [0.1, 0.15) is 5.60 Å². The zero-order chi connectivity index (χ0) is 18.6.